The summed E-state index contributed by atoms with van der Waals surface area (Å²) in [6.07, 6.45) is 4.62. The number of nitrogens with zero attached hydrogens (tertiary/aromatic N) is 2. The van der Waals surface area contributed by atoms with E-state index in [-0.39, 0.29) is 18.1 Å². The molecule has 126 valence electrons. The molecule has 3 rings (SSSR count). The standard InChI is InChI=1S/C17H18ClN3O3/c18-13-6-4-12(5-7-13)10-14-16(23)21(17(24)19-14)11-15(22)20-8-2-1-3-9-20/h4-7,10H,1-3,8-9,11H2,(H,19,24)/b14-10-. The molecular formula is C17H18ClN3O3. The second-order valence-corrected chi connectivity index (χ2v) is 6.31. The van der Waals surface area contributed by atoms with Crippen LogP contribution in [0.2, 0.25) is 5.02 Å². The highest BCUT2D eigenvalue weighted by atomic mass is 35.5. The van der Waals surface area contributed by atoms with Crippen LogP contribution >= 0.6 is 11.6 Å². The average Bonchev–Trinajstić information content (AvgIpc) is 2.85. The Bertz CT molecular complexity index is 694. The van der Waals surface area contributed by atoms with Gasteiger partial charge in [0.1, 0.15) is 12.2 Å². The van der Waals surface area contributed by atoms with Crippen LogP contribution in [0.25, 0.3) is 6.08 Å². The number of carbonyl (C=O) groups excluding carboxylic acids is 3. The SMILES string of the molecule is O=C(CN1C(=O)N/C(=C\c2ccc(Cl)cc2)C1=O)N1CCCCC1. The van der Waals surface area contributed by atoms with E-state index < -0.39 is 11.9 Å². The summed E-state index contributed by atoms with van der Waals surface area (Å²) in [6, 6.07) is 6.33. The van der Waals surface area contributed by atoms with Crippen LogP contribution < -0.4 is 5.32 Å². The van der Waals surface area contributed by atoms with Gasteiger partial charge in [-0.15, -0.1) is 0 Å². The number of amides is 4. The Balaban J connectivity index is 1.69. The molecule has 24 heavy (non-hydrogen) atoms. The number of benzene rings is 1. The molecule has 0 radical (unpaired) electrons. The van der Waals surface area contributed by atoms with Crippen LogP contribution in [-0.4, -0.2) is 47.3 Å². The zero-order chi connectivity index (χ0) is 17.1. The first kappa shape index (κ1) is 16.5. The van der Waals surface area contributed by atoms with Gasteiger partial charge in [-0.05, 0) is 43.0 Å². The van der Waals surface area contributed by atoms with Crippen molar-refractivity contribution < 1.29 is 14.4 Å². The molecule has 4 amide bonds. The minimum Gasteiger partial charge on any atom is -0.341 e. The molecule has 1 aromatic carbocycles. The molecule has 7 heteroatoms. The molecule has 0 unspecified atom stereocenters. The first-order valence-electron chi connectivity index (χ1n) is 7.92. The zero-order valence-corrected chi connectivity index (χ0v) is 13.9. The van der Waals surface area contributed by atoms with E-state index in [1.807, 2.05) is 0 Å². The van der Waals surface area contributed by atoms with E-state index in [9.17, 15) is 14.4 Å². The van der Waals surface area contributed by atoms with Gasteiger partial charge in [-0.2, -0.15) is 0 Å². The van der Waals surface area contributed by atoms with Gasteiger partial charge in [-0.1, -0.05) is 23.7 Å². The average molecular weight is 348 g/mol. The molecule has 0 saturated carbocycles. The Morgan fingerprint density at radius 1 is 1.12 bits per heavy atom. The first-order valence-corrected chi connectivity index (χ1v) is 8.30. The molecule has 2 saturated heterocycles. The number of carbonyl (C=O) groups is 3. The second-order valence-electron chi connectivity index (χ2n) is 5.87. The van der Waals surface area contributed by atoms with Crippen molar-refractivity contribution in [1.82, 2.24) is 15.1 Å². The predicted molar refractivity (Wildman–Crippen MR) is 90.1 cm³/mol. The van der Waals surface area contributed by atoms with Crippen molar-refractivity contribution in [2.24, 2.45) is 0 Å². The second kappa shape index (κ2) is 7.05. The normalized spacial score (nSPS) is 19.8. The molecule has 6 nitrogen and oxygen atoms in total. The van der Waals surface area contributed by atoms with Crippen LogP contribution in [0.3, 0.4) is 0 Å². The lowest BCUT2D eigenvalue weighted by atomic mass is 10.1. The minimum atomic E-state index is -0.564. The Morgan fingerprint density at radius 3 is 2.46 bits per heavy atom. The third kappa shape index (κ3) is 3.59. The number of imide groups is 1. The summed E-state index contributed by atoms with van der Waals surface area (Å²) in [5, 5.41) is 3.11. The molecule has 0 aliphatic carbocycles. The van der Waals surface area contributed by atoms with Gasteiger partial charge in [-0.3, -0.25) is 9.59 Å². The van der Waals surface area contributed by atoms with Gasteiger partial charge in [0.15, 0.2) is 0 Å². The maximum Gasteiger partial charge on any atom is 0.329 e. The van der Waals surface area contributed by atoms with Gasteiger partial charge < -0.3 is 10.2 Å². The number of nitrogens with one attached hydrogen (secondary N) is 1. The number of rotatable bonds is 3. The van der Waals surface area contributed by atoms with Crippen LogP contribution in [0.4, 0.5) is 4.79 Å². The lowest BCUT2D eigenvalue weighted by molar-refractivity contribution is -0.136. The Morgan fingerprint density at radius 2 is 1.79 bits per heavy atom. The molecule has 2 fully saturated rings. The monoisotopic (exact) mass is 347 g/mol. The lowest BCUT2D eigenvalue weighted by Gasteiger charge is -2.27. The van der Waals surface area contributed by atoms with Crippen LogP contribution in [0, 0.1) is 0 Å². The van der Waals surface area contributed by atoms with Crippen molar-refractivity contribution in [3.63, 3.8) is 0 Å². The van der Waals surface area contributed by atoms with Gasteiger partial charge in [0.25, 0.3) is 5.91 Å². The van der Waals surface area contributed by atoms with E-state index >= 15 is 0 Å². The van der Waals surface area contributed by atoms with Crippen molar-refractivity contribution in [1.29, 1.82) is 0 Å². The summed E-state index contributed by atoms with van der Waals surface area (Å²) < 4.78 is 0. The summed E-state index contributed by atoms with van der Waals surface area (Å²) in [7, 11) is 0. The van der Waals surface area contributed by atoms with Crippen molar-refractivity contribution in [2.75, 3.05) is 19.6 Å². The molecule has 2 heterocycles. The predicted octanol–water partition coefficient (Wildman–Crippen LogP) is 2.25. The molecule has 1 aromatic rings. The van der Waals surface area contributed by atoms with Crippen molar-refractivity contribution in [3.8, 4) is 0 Å². The molecule has 0 spiro atoms. The highest BCUT2D eigenvalue weighted by molar-refractivity contribution is 6.30. The summed E-state index contributed by atoms with van der Waals surface area (Å²) >= 11 is 5.83. The van der Waals surface area contributed by atoms with Crippen molar-refractivity contribution >= 4 is 35.5 Å². The van der Waals surface area contributed by atoms with Crippen molar-refractivity contribution in [2.45, 2.75) is 19.3 Å². The molecular weight excluding hydrogens is 330 g/mol. The first-order chi connectivity index (χ1) is 11.5. The van der Waals surface area contributed by atoms with Crippen molar-refractivity contribution in [3.05, 3.63) is 40.5 Å². The van der Waals surface area contributed by atoms with Gasteiger partial charge in [0, 0.05) is 18.1 Å². The van der Waals surface area contributed by atoms with Gasteiger partial charge in [0.2, 0.25) is 5.91 Å². The van der Waals surface area contributed by atoms with E-state index in [4.69, 9.17) is 11.6 Å². The maximum atomic E-state index is 12.4. The van der Waals surface area contributed by atoms with E-state index in [1.54, 1.807) is 35.2 Å². The zero-order valence-electron chi connectivity index (χ0n) is 13.1. The number of halogens is 1. The number of piperidine rings is 1. The van der Waals surface area contributed by atoms with Crippen LogP contribution in [0.15, 0.2) is 30.0 Å². The maximum absolute atomic E-state index is 12.4. The Labute approximate surface area is 145 Å². The number of likely N-dealkylation sites (tertiary alicyclic amines) is 1. The van der Waals surface area contributed by atoms with Gasteiger partial charge >= 0.3 is 6.03 Å². The van der Waals surface area contributed by atoms with Crippen LogP contribution in [0.1, 0.15) is 24.8 Å². The largest absolute Gasteiger partial charge is 0.341 e. The fourth-order valence-electron chi connectivity index (χ4n) is 2.82. The quantitative estimate of drug-likeness (QED) is 0.673. The number of hydrogen-bond donors (Lipinski definition) is 1. The molecule has 0 aromatic heterocycles. The topological polar surface area (TPSA) is 69.7 Å². The third-order valence-corrected chi connectivity index (χ3v) is 4.40. The van der Waals surface area contributed by atoms with E-state index in [0.717, 1.165) is 29.7 Å². The summed E-state index contributed by atoms with van der Waals surface area (Å²) in [5.74, 6) is -0.675. The van der Waals surface area contributed by atoms with Gasteiger partial charge in [-0.25, -0.2) is 9.69 Å². The highest BCUT2D eigenvalue weighted by Crippen LogP contribution is 2.17. The lowest BCUT2D eigenvalue weighted by Crippen LogP contribution is -2.44. The van der Waals surface area contributed by atoms with Gasteiger partial charge in [0.05, 0.1) is 0 Å². The summed E-state index contributed by atoms with van der Waals surface area (Å²) in [6.45, 7) is 1.16. The molecule has 2 aliphatic heterocycles. The fraction of sp³-hybridized carbons (Fsp3) is 0.353. The molecule has 0 atom stereocenters. The number of hydrogen-bond acceptors (Lipinski definition) is 3. The Kier molecular flexibility index (Phi) is 4.85. The highest BCUT2D eigenvalue weighted by Gasteiger charge is 2.35. The minimum absolute atomic E-state index is 0.161. The smallest absolute Gasteiger partial charge is 0.329 e. The van der Waals surface area contributed by atoms with Crippen LogP contribution in [-0.2, 0) is 9.59 Å². The van der Waals surface area contributed by atoms with Crippen LogP contribution in [0.5, 0.6) is 0 Å². The Hall–Kier alpha value is -2.34. The molecule has 0 bridgehead atoms. The summed E-state index contributed by atoms with van der Waals surface area (Å²) in [4.78, 5) is 39.3. The van der Waals surface area contributed by atoms with E-state index in [0.29, 0.717) is 18.1 Å². The van der Waals surface area contributed by atoms with E-state index in [2.05, 4.69) is 5.32 Å². The molecule has 1 N–H and O–H groups in total. The van der Waals surface area contributed by atoms with E-state index in [1.165, 1.54) is 0 Å². The fourth-order valence-corrected chi connectivity index (χ4v) is 2.95. The third-order valence-electron chi connectivity index (χ3n) is 4.15. The summed E-state index contributed by atoms with van der Waals surface area (Å²) in [5.41, 5.74) is 0.904. The molecule has 2 aliphatic rings. The number of urea groups is 1.